The number of aliphatic hydroxyl groups excluding tert-OH is 1. The average molecular weight is 336 g/mol. The van der Waals surface area contributed by atoms with Crippen molar-refractivity contribution in [2.75, 3.05) is 6.61 Å². The summed E-state index contributed by atoms with van der Waals surface area (Å²) in [5, 5.41) is 8.93. The van der Waals surface area contributed by atoms with E-state index in [4.69, 9.17) is 5.11 Å². The summed E-state index contributed by atoms with van der Waals surface area (Å²) in [4.78, 5) is 0.253. The van der Waals surface area contributed by atoms with Gasteiger partial charge in [0.1, 0.15) is 0 Å². The fourth-order valence-corrected chi connectivity index (χ4v) is 3.84. The van der Waals surface area contributed by atoms with Crippen LogP contribution in [0.4, 0.5) is 0 Å². The van der Waals surface area contributed by atoms with Gasteiger partial charge >= 0.3 is 0 Å². The molecular weight excluding hydrogens is 318 g/mol. The highest BCUT2D eigenvalue weighted by molar-refractivity contribution is 9.10. The van der Waals surface area contributed by atoms with Gasteiger partial charge in [0.15, 0.2) is 0 Å². The van der Waals surface area contributed by atoms with Crippen LogP contribution in [-0.4, -0.2) is 25.7 Å². The van der Waals surface area contributed by atoms with Crippen LogP contribution in [0.15, 0.2) is 27.6 Å². The summed E-state index contributed by atoms with van der Waals surface area (Å²) in [6.07, 6.45) is 0.360. The number of benzene rings is 1. The number of hydrogen-bond donors (Lipinski definition) is 2. The van der Waals surface area contributed by atoms with E-state index in [0.29, 0.717) is 16.5 Å². The normalized spacial score (nSPS) is 12.7. The number of halogens is 1. The lowest BCUT2D eigenvalue weighted by molar-refractivity contribution is 0.245. The van der Waals surface area contributed by atoms with Crippen molar-refractivity contribution in [3.63, 3.8) is 0 Å². The van der Waals surface area contributed by atoms with E-state index in [1.165, 1.54) is 0 Å². The van der Waals surface area contributed by atoms with E-state index in [9.17, 15) is 8.42 Å². The molecule has 0 heterocycles. The van der Waals surface area contributed by atoms with Crippen molar-refractivity contribution in [2.45, 2.75) is 37.6 Å². The molecule has 1 aromatic rings. The molecule has 2 N–H and O–H groups in total. The van der Waals surface area contributed by atoms with Crippen molar-refractivity contribution in [2.24, 2.45) is 0 Å². The van der Waals surface area contributed by atoms with Gasteiger partial charge in [-0.25, -0.2) is 13.1 Å². The Morgan fingerprint density at radius 1 is 1.39 bits per heavy atom. The van der Waals surface area contributed by atoms with Crippen LogP contribution >= 0.6 is 15.9 Å². The first-order valence-corrected chi connectivity index (χ1v) is 7.86. The fourth-order valence-electron chi connectivity index (χ4n) is 1.61. The Labute approximate surface area is 117 Å². The summed E-state index contributed by atoms with van der Waals surface area (Å²) in [5.41, 5.74) is 0.00741. The maximum absolute atomic E-state index is 12.3. The predicted octanol–water partition coefficient (Wildman–Crippen LogP) is 2.20. The molecular formula is C12H18BrNO3S. The number of sulfonamides is 1. The van der Waals surface area contributed by atoms with E-state index in [1.54, 1.807) is 39.0 Å². The summed E-state index contributed by atoms with van der Waals surface area (Å²) < 4.78 is 27.9. The smallest absolute Gasteiger partial charge is 0.241 e. The lowest BCUT2D eigenvalue weighted by Gasteiger charge is -2.25. The Bertz CT molecular complexity index is 526. The van der Waals surface area contributed by atoms with Crippen LogP contribution < -0.4 is 4.72 Å². The van der Waals surface area contributed by atoms with Crippen LogP contribution in [-0.2, 0) is 10.0 Å². The van der Waals surface area contributed by atoms with E-state index in [2.05, 4.69) is 20.7 Å². The van der Waals surface area contributed by atoms with E-state index >= 15 is 0 Å². The van der Waals surface area contributed by atoms with Crippen molar-refractivity contribution >= 4 is 26.0 Å². The van der Waals surface area contributed by atoms with Crippen LogP contribution in [0.1, 0.15) is 25.8 Å². The summed E-state index contributed by atoms with van der Waals surface area (Å²) in [5.74, 6) is 0. The first-order valence-electron chi connectivity index (χ1n) is 5.59. The van der Waals surface area contributed by atoms with Crippen LogP contribution in [0.5, 0.6) is 0 Å². The lowest BCUT2D eigenvalue weighted by Crippen LogP contribution is -2.44. The Morgan fingerprint density at radius 2 is 2.00 bits per heavy atom. The van der Waals surface area contributed by atoms with Gasteiger partial charge in [-0.15, -0.1) is 0 Å². The van der Waals surface area contributed by atoms with Crippen molar-refractivity contribution in [1.29, 1.82) is 0 Å². The van der Waals surface area contributed by atoms with Gasteiger partial charge in [0.2, 0.25) is 10.0 Å². The van der Waals surface area contributed by atoms with Crippen LogP contribution in [0.2, 0.25) is 0 Å². The minimum atomic E-state index is -3.58. The number of aryl methyl sites for hydroxylation is 1. The maximum atomic E-state index is 12.3. The first-order chi connectivity index (χ1) is 8.18. The second-order valence-electron chi connectivity index (χ2n) is 4.87. The third-order valence-corrected chi connectivity index (χ3v) is 4.92. The van der Waals surface area contributed by atoms with E-state index < -0.39 is 15.6 Å². The third kappa shape index (κ3) is 4.05. The van der Waals surface area contributed by atoms with Gasteiger partial charge in [0.05, 0.1) is 4.90 Å². The zero-order chi connectivity index (χ0) is 14.0. The van der Waals surface area contributed by atoms with Crippen molar-refractivity contribution in [3.05, 3.63) is 28.2 Å². The Balaban J connectivity index is 3.11. The largest absolute Gasteiger partial charge is 0.396 e. The van der Waals surface area contributed by atoms with Gasteiger partial charge in [-0.3, -0.25) is 0 Å². The monoisotopic (exact) mass is 335 g/mol. The molecule has 0 aliphatic heterocycles. The molecule has 0 fully saturated rings. The summed E-state index contributed by atoms with van der Waals surface area (Å²) >= 11 is 3.27. The van der Waals surface area contributed by atoms with Gasteiger partial charge in [0, 0.05) is 16.6 Å². The second-order valence-corrected chi connectivity index (χ2v) is 7.44. The van der Waals surface area contributed by atoms with E-state index in [1.807, 2.05) is 0 Å². The zero-order valence-electron chi connectivity index (χ0n) is 10.7. The molecule has 6 heteroatoms. The van der Waals surface area contributed by atoms with Gasteiger partial charge in [0.25, 0.3) is 0 Å². The molecule has 1 rings (SSSR count). The summed E-state index contributed by atoms with van der Waals surface area (Å²) in [7, 11) is -3.58. The number of hydrogen-bond acceptors (Lipinski definition) is 3. The first kappa shape index (κ1) is 15.6. The van der Waals surface area contributed by atoms with Gasteiger partial charge in [-0.05, 0) is 44.9 Å². The molecule has 0 amide bonds. The maximum Gasteiger partial charge on any atom is 0.241 e. The number of aliphatic hydroxyl groups is 1. The highest BCUT2D eigenvalue weighted by Crippen LogP contribution is 2.22. The van der Waals surface area contributed by atoms with Crippen molar-refractivity contribution in [3.8, 4) is 0 Å². The van der Waals surface area contributed by atoms with Crippen LogP contribution in [0.3, 0.4) is 0 Å². The quantitative estimate of drug-likeness (QED) is 0.866. The summed E-state index contributed by atoms with van der Waals surface area (Å²) in [6, 6.07) is 5.12. The third-order valence-electron chi connectivity index (χ3n) is 2.59. The summed E-state index contributed by atoms with van der Waals surface area (Å²) in [6.45, 7) is 5.18. The van der Waals surface area contributed by atoms with Gasteiger partial charge in [-0.1, -0.05) is 22.0 Å². The minimum Gasteiger partial charge on any atom is -0.396 e. The number of nitrogens with one attached hydrogen (secondary N) is 1. The zero-order valence-corrected chi connectivity index (χ0v) is 13.1. The second kappa shape index (κ2) is 5.69. The molecule has 0 radical (unpaired) electrons. The van der Waals surface area contributed by atoms with Crippen molar-refractivity contribution in [1.82, 2.24) is 4.72 Å². The molecule has 0 atom stereocenters. The molecule has 0 unspecified atom stereocenters. The number of rotatable bonds is 5. The molecule has 0 aliphatic carbocycles. The van der Waals surface area contributed by atoms with Crippen molar-refractivity contribution < 1.29 is 13.5 Å². The topological polar surface area (TPSA) is 66.4 Å². The average Bonchev–Trinajstić information content (AvgIpc) is 2.19. The fraction of sp³-hybridized carbons (Fsp3) is 0.500. The molecule has 0 spiro atoms. The molecule has 1 aromatic carbocycles. The standard InChI is InChI=1S/C12H18BrNO3S/c1-9-4-5-10(13)8-11(9)18(16,17)14-12(2,3)6-7-15/h4-5,8,14-15H,6-7H2,1-3H3. The van der Waals surface area contributed by atoms with Gasteiger partial charge < -0.3 is 5.11 Å². The highest BCUT2D eigenvalue weighted by atomic mass is 79.9. The predicted molar refractivity (Wildman–Crippen MR) is 75.0 cm³/mol. The lowest BCUT2D eigenvalue weighted by atomic mass is 10.0. The molecule has 0 bridgehead atoms. The molecule has 0 aliphatic rings. The molecule has 4 nitrogen and oxygen atoms in total. The van der Waals surface area contributed by atoms with Crippen LogP contribution in [0, 0.1) is 6.92 Å². The Hall–Kier alpha value is -0.430. The van der Waals surface area contributed by atoms with Crippen LogP contribution in [0.25, 0.3) is 0 Å². The molecule has 102 valence electrons. The highest BCUT2D eigenvalue weighted by Gasteiger charge is 2.26. The Morgan fingerprint density at radius 3 is 2.56 bits per heavy atom. The SMILES string of the molecule is Cc1ccc(Br)cc1S(=O)(=O)NC(C)(C)CCO. The molecule has 0 saturated carbocycles. The minimum absolute atomic E-state index is 0.0625. The Kier molecular flexibility index (Phi) is 4.94. The van der Waals surface area contributed by atoms with E-state index in [0.717, 1.165) is 0 Å². The molecule has 18 heavy (non-hydrogen) atoms. The molecule has 0 saturated heterocycles. The van der Waals surface area contributed by atoms with Gasteiger partial charge in [-0.2, -0.15) is 0 Å². The van der Waals surface area contributed by atoms with E-state index in [-0.39, 0.29) is 11.5 Å². The molecule has 0 aromatic heterocycles.